The third kappa shape index (κ3) is 15.9. The highest BCUT2D eigenvalue weighted by molar-refractivity contribution is 4.58. The van der Waals surface area contributed by atoms with E-state index < -0.39 is 0 Å². The molecule has 0 saturated carbocycles. The van der Waals surface area contributed by atoms with Gasteiger partial charge in [0.05, 0.1) is 24.4 Å². The van der Waals surface area contributed by atoms with Gasteiger partial charge in [0, 0.05) is 0 Å². The summed E-state index contributed by atoms with van der Waals surface area (Å²) in [5.74, 6) is 0. The van der Waals surface area contributed by atoms with E-state index in [-0.39, 0.29) is 24.4 Å². The second-order valence-electron chi connectivity index (χ2n) is 5.40. The van der Waals surface area contributed by atoms with Crippen LogP contribution in [-0.2, 0) is 0 Å². The first-order valence-electron chi connectivity index (χ1n) is 8.13. The molecule has 0 radical (unpaired) electrons. The zero-order valence-corrected chi connectivity index (χ0v) is 13.8. The van der Waals surface area contributed by atoms with E-state index >= 15 is 0 Å². The molecule has 124 valence electrons. The lowest BCUT2D eigenvalue weighted by Gasteiger charge is -2.10. The zero-order valence-electron chi connectivity index (χ0n) is 13.8. The minimum absolute atomic E-state index is 0.221. The van der Waals surface area contributed by atoms with Crippen molar-refractivity contribution in [3.05, 3.63) is 0 Å². The highest BCUT2D eigenvalue weighted by atomic mass is 16.3. The Labute approximate surface area is 124 Å². The largest absolute Gasteiger partial charge is 0.393 e. The zero-order chi connectivity index (χ0) is 16.0. The van der Waals surface area contributed by atoms with Crippen LogP contribution in [0.1, 0.15) is 79.1 Å². The lowest BCUT2D eigenvalue weighted by atomic mass is 10.1. The van der Waals surface area contributed by atoms with Crippen LogP contribution in [0.15, 0.2) is 0 Å². The maximum atomic E-state index is 9.09. The van der Waals surface area contributed by atoms with Gasteiger partial charge in [0.15, 0.2) is 0 Å². The van der Waals surface area contributed by atoms with Gasteiger partial charge in [-0.1, -0.05) is 27.7 Å². The maximum absolute atomic E-state index is 9.09. The van der Waals surface area contributed by atoms with Crippen molar-refractivity contribution in [2.75, 3.05) is 0 Å². The standard InChI is InChI=1S/2C8H18O2/c2*1-3-7(9)5-6-8(10)4-2/h2*7-10H,3-6H2,1-2H3. The molecule has 0 amide bonds. The predicted octanol–water partition coefficient (Wildman–Crippen LogP) is 2.62. The Bertz CT molecular complexity index is 147. The molecule has 0 spiro atoms. The Morgan fingerprint density at radius 2 is 0.600 bits per heavy atom. The summed E-state index contributed by atoms with van der Waals surface area (Å²) in [4.78, 5) is 0. The number of aliphatic hydroxyl groups is 4. The first-order chi connectivity index (χ1) is 9.40. The van der Waals surface area contributed by atoms with Gasteiger partial charge in [-0.05, 0) is 51.4 Å². The van der Waals surface area contributed by atoms with Crippen molar-refractivity contribution in [1.29, 1.82) is 0 Å². The summed E-state index contributed by atoms with van der Waals surface area (Å²) in [5, 5.41) is 36.4. The van der Waals surface area contributed by atoms with E-state index in [1.165, 1.54) is 0 Å². The summed E-state index contributed by atoms with van der Waals surface area (Å²) >= 11 is 0. The van der Waals surface area contributed by atoms with Gasteiger partial charge in [0.25, 0.3) is 0 Å². The van der Waals surface area contributed by atoms with Crippen molar-refractivity contribution < 1.29 is 20.4 Å². The third-order valence-corrected chi connectivity index (χ3v) is 3.55. The molecule has 20 heavy (non-hydrogen) atoms. The Kier molecular flexibility index (Phi) is 16.9. The molecule has 4 nitrogen and oxygen atoms in total. The first kappa shape index (κ1) is 22.1. The lowest BCUT2D eigenvalue weighted by Crippen LogP contribution is -2.11. The summed E-state index contributed by atoms with van der Waals surface area (Å²) in [6.07, 6.45) is 5.18. The van der Waals surface area contributed by atoms with Crippen LogP contribution in [0, 0.1) is 0 Å². The van der Waals surface area contributed by atoms with Crippen molar-refractivity contribution in [1.82, 2.24) is 0 Å². The van der Waals surface area contributed by atoms with E-state index in [4.69, 9.17) is 20.4 Å². The van der Waals surface area contributed by atoms with Gasteiger partial charge in [-0.3, -0.25) is 0 Å². The number of hydrogen-bond donors (Lipinski definition) is 4. The molecule has 4 heteroatoms. The topological polar surface area (TPSA) is 80.9 Å². The van der Waals surface area contributed by atoms with Crippen LogP contribution < -0.4 is 0 Å². The SMILES string of the molecule is CCC(O)CCC(O)CC.CCC(O)CCC(O)CC. The van der Waals surface area contributed by atoms with Crippen LogP contribution in [-0.4, -0.2) is 44.8 Å². The van der Waals surface area contributed by atoms with E-state index in [9.17, 15) is 0 Å². The molecule has 0 fully saturated rings. The highest BCUT2D eigenvalue weighted by Gasteiger charge is 2.05. The van der Waals surface area contributed by atoms with Crippen molar-refractivity contribution in [3.63, 3.8) is 0 Å². The molecule has 0 aliphatic rings. The second kappa shape index (κ2) is 15.2. The normalized spacial score (nSPS) is 16.8. The fourth-order valence-electron chi connectivity index (χ4n) is 1.59. The Balaban J connectivity index is 0. The fourth-order valence-corrected chi connectivity index (χ4v) is 1.59. The van der Waals surface area contributed by atoms with Gasteiger partial charge < -0.3 is 20.4 Å². The second-order valence-corrected chi connectivity index (χ2v) is 5.40. The summed E-state index contributed by atoms with van der Waals surface area (Å²) in [7, 11) is 0. The highest BCUT2D eigenvalue weighted by Crippen LogP contribution is 2.06. The molecule has 4 unspecified atom stereocenters. The summed E-state index contributed by atoms with van der Waals surface area (Å²) < 4.78 is 0. The monoisotopic (exact) mass is 292 g/mol. The molecule has 0 aliphatic heterocycles. The minimum atomic E-state index is -0.221. The summed E-state index contributed by atoms with van der Waals surface area (Å²) in [6, 6.07) is 0. The molecular weight excluding hydrogens is 256 g/mol. The van der Waals surface area contributed by atoms with Gasteiger partial charge in [-0.25, -0.2) is 0 Å². The van der Waals surface area contributed by atoms with Crippen molar-refractivity contribution >= 4 is 0 Å². The molecule has 0 saturated heterocycles. The van der Waals surface area contributed by atoms with Crippen molar-refractivity contribution in [3.8, 4) is 0 Å². The van der Waals surface area contributed by atoms with Crippen LogP contribution in [0.25, 0.3) is 0 Å². The van der Waals surface area contributed by atoms with Gasteiger partial charge in [0.2, 0.25) is 0 Å². The Morgan fingerprint density at radius 1 is 0.450 bits per heavy atom. The van der Waals surface area contributed by atoms with Crippen molar-refractivity contribution in [2.24, 2.45) is 0 Å². The van der Waals surface area contributed by atoms with E-state index in [0.717, 1.165) is 51.4 Å². The Hall–Kier alpha value is -0.160. The smallest absolute Gasteiger partial charge is 0.0538 e. The van der Waals surface area contributed by atoms with Gasteiger partial charge in [-0.15, -0.1) is 0 Å². The molecule has 0 aliphatic carbocycles. The van der Waals surface area contributed by atoms with Crippen LogP contribution in [0.2, 0.25) is 0 Å². The van der Waals surface area contributed by atoms with Crippen LogP contribution in [0.5, 0.6) is 0 Å². The summed E-state index contributed by atoms with van der Waals surface area (Å²) in [6.45, 7) is 7.79. The summed E-state index contributed by atoms with van der Waals surface area (Å²) in [5.41, 5.74) is 0. The Morgan fingerprint density at radius 3 is 0.700 bits per heavy atom. The van der Waals surface area contributed by atoms with Gasteiger partial charge in [-0.2, -0.15) is 0 Å². The molecule has 0 aromatic heterocycles. The molecular formula is C16H36O4. The van der Waals surface area contributed by atoms with E-state index in [1.807, 2.05) is 27.7 Å². The predicted molar refractivity (Wildman–Crippen MR) is 83.7 cm³/mol. The van der Waals surface area contributed by atoms with Crippen LogP contribution >= 0.6 is 0 Å². The fraction of sp³-hybridized carbons (Fsp3) is 1.00. The average Bonchev–Trinajstić information content (AvgIpc) is 2.49. The average molecular weight is 292 g/mol. The molecule has 4 N–H and O–H groups in total. The van der Waals surface area contributed by atoms with E-state index in [2.05, 4.69) is 0 Å². The molecule has 4 atom stereocenters. The quantitative estimate of drug-likeness (QED) is 0.499. The maximum Gasteiger partial charge on any atom is 0.0538 e. The molecule has 0 rings (SSSR count). The van der Waals surface area contributed by atoms with Gasteiger partial charge in [0.1, 0.15) is 0 Å². The van der Waals surface area contributed by atoms with Gasteiger partial charge >= 0.3 is 0 Å². The first-order valence-corrected chi connectivity index (χ1v) is 8.13. The third-order valence-electron chi connectivity index (χ3n) is 3.55. The number of hydrogen-bond acceptors (Lipinski definition) is 4. The van der Waals surface area contributed by atoms with Crippen molar-refractivity contribution in [2.45, 2.75) is 103 Å². The van der Waals surface area contributed by atoms with Crippen LogP contribution in [0.3, 0.4) is 0 Å². The minimum Gasteiger partial charge on any atom is -0.393 e. The molecule has 0 heterocycles. The number of rotatable bonds is 10. The van der Waals surface area contributed by atoms with Crippen LogP contribution in [0.4, 0.5) is 0 Å². The molecule has 0 bridgehead atoms. The van der Waals surface area contributed by atoms with E-state index in [0.29, 0.717) is 0 Å². The molecule has 0 aromatic rings. The lowest BCUT2D eigenvalue weighted by molar-refractivity contribution is 0.109. The van der Waals surface area contributed by atoms with E-state index in [1.54, 1.807) is 0 Å². The molecule has 0 aromatic carbocycles. The number of aliphatic hydroxyl groups excluding tert-OH is 4.